The number of hydrogen-bond acceptors (Lipinski definition) is 6. The van der Waals surface area contributed by atoms with E-state index in [4.69, 9.17) is 0 Å². The highest BCUT2D eigenvalue weighted by atomic mass is 16.3. The number of nitrogens with zero attached hydrogens (tertiary/aromatic N) is 6. The smallest absolute Gasteiger partial charge is 0.179 e. The highest BCUT2D eigenvalue weighted by Crippen LogP contribution is 2.18. The van der Waals surface area contributed by atoms with Crippen molar-refractivity contribution in [3.05, 3.63) is 48.4 Å². The number of rotatable bonds is 3. The van der Waals surface area contributed by atoms with Gasteiger partial charge in [-0.05, 0) is 17.7 Å². The van der Waals surface area contributed by atoms with Crippen LogP contribution in [-0.4, -0.2) is 56.0 Å². The van der Waals surface area contributed by atoms with Gasteiger partial charge in [0.2, 0.25) is 0 Å². The molecule has 0 radical (unpaired) electrons. The van der Waals surface area contributed by atoms with Crippen molar-refractivity contribution in [2.24, 2.45) is 0 Å². The first-order valence-corrected chi connectivity index (χ1v) is 7.69. The van der Waals surface area contributed by atoms with Crippen molar-refractivity contribution in [3.8, 4) is 5.75 Å². The van der Waals surface area contributed by atoms with E-state index >= 15 is 0 Å². The van der Waals surface area contributed by atoms with Crippen LogP contribution in [0.4, 0.5) is 5.69 Å². The summed E-state index contributed by atoms with van der Waals surface area (Å²) in [6.07, 6.45) is 3.47. The van der Waals surface area contributed by atoms with Crippen molar-refractivity contribution >= 4 is 11.3 Å². The molecule has 1 aliphatic heterocycles. The number of piperazine rings is 1. The van der Waals surface area contributed by atoms with E-state index < -0.39 is 0 Å². The van der Waals surface area contributed by atoms with Crippen molar-refractivity contribution < 1.29 is 5.11 Å². The molecular weight excluding hydrogens is 292 g/mol. The number of benzene rings is 1. The van der Waals surface area contributed by atoms with Crippen molar-refractivity contribution in [2.75, 3.05) is 31.1 Å². The fourth-order valence-corrected chi connectivity index (χ4v) is 2.91. The average molecular weight is 310 g/mol. The van der Waals surface area contributed by atoms with Crippen LogP contribution in [0.15, 0.2) is 42.9 Å². The molecule has 0 amide bonds. The van der Waals surface area contributed by atoms with E-state index in [0.29, 0.717) is 5.75 Å². The molecule has 3 heterocycles. The lowest BCUT2D eigenvalue weighted by Gasteiger charge is -2.35. The first kappa shape index (κ1) is 14.0. The molecule has 1 N–H and O–H groups in total. The van der Waals surface area contributed by atoms with Crippen LogP contribution >= 0.6 is 0 Å². The molecule has 2 aromatic heterocycles. The summed E-state index contributed by atoms with van der Waals surface area (Å²) in [5.41, 5.74) is 3.09. The van der Waals surface area contributed by atoms with Crippen LogP contribution in [0, 0.1) is 0 Å². The lowest BCUT2D eigenvalue weighted by atomic mass is 10.2. The van der Waals surface area contributed by atoms with Gasteiger partial charge in [-0.2, -0.15) is 5.10 Å². The SMILES string of the molecule is Oc1ccc(CN2CCN(c3cnn4cnnc4c3)CC2)cc1. The topological polar surface area (TPSA) is 69.8 Å². The summed E-state index contributed by atoms with van der Waals surface area (Å²) in [6, 6.07) is 9.46. The molecule has 1 aromatic carbocycles. The highest BCUT2D eigenvalue weighted by molar-refractivity contribution is 5.53. The van der Waals surface area contributed by atoms with Crippen LogP contribution in [0.2, 0.25) is 0 Å². The van der Waals surface area contributed by atoms with Gasteiger partial charge in [-0.1, -0.05) is 12.1 Å². The largest absolute Gasteiger partial charge is 0.508 e. The maximum Gasteiger partial charge on any atom is 0.179 e. The summed E-state index contributed by atoms with van der Waals surface area (Å²) in [6.45, 7) is 4.83. The van der Waals surface area contributed by atoms with Gasteiger partial charge in [0.05, 0.1) is 11.9 Å². The Balaban J connectivity index is 1.39. The molecular formula is C16H18N6O. The molecule has 0 saturated carbocycles. The molecule has 3 aromatic rings. The number of aromatic hydroxyl groups is 1. The van der Waals surface area contributed by atoms with Crippen LogP contribution in [-0.2, 0) is 6.54 Å². The van der Waals surface area contributed by atoms with Gasteiger partial charge in [0.25, 0.3) is 0 Å². The minimum absolute atomic E-state index is 0.315. The maximum atomic E-state index is 9.35. The van der Waals surface area contributed by atoms with Gasteiger partial charge < -0.3 is 10.0 Å². The zero-order valence-corrected chi connectivity index (χ0v) is 12.7. The Labute approximate surface area is 133 Å². The molecule has 4 rings (SSSR count). The van der Waals surface area contributed by atoms with E-state index in [1.807, 2.05) is 24.4 Å². The van der Waals surface area contributed by atoms with E-state index in [-0.39, 0.29) is 0 Å². The number of phenolic OH excluding ortho intramolecular Hbond substituents is 1. The molecule has 7 nitrogen and oxygen atoms in total. The summed E-state index contributed by atoms with van der Waals surface area (Å²) in [5, 5.41) is 21.6. The molecule has 1 fully saturated rings. The van der Waals surface area contributed by atoms with Crippen LogP contribution in [0.3, 0.4) is 0 Å². The normalized spacial score (nSPS) is 16.1. The molecule has 0 aliphatic carbocycles. The lowest BCUT2D eigenvalue weighted by molar-refractivity contribution is 0.249. The molecule has 23 heavy (non-hydrogen) atoms. The zero-order valence-electron chi connectivity index (χ0n) is 12.7. The quantitative estimate of drug-likeness (QED) is 0.783. The Kier molecular flexibility index (Phi) is 3.55. The van der Waals surface area contributed by atoms with E-state index in [2.05, 4.69) is 25.1 Å². The number of aromatic nitrogens is 4. The van der Waals surface area contributed by atoms with Gasteiger partial charge in [0.15, 0.2) is 5.65 Å². The van der Waals surface area contributed by atoms with Crippen molar-refractivity contribution in [3.63, 3.8) is 0 Å². The third kappa shape index (κ3) is 2.95. The van der Waals surface area contributed by atoms with Gasteiger partial charge in [-0.3, -0.25) is 4.90 Å². The number of anilines is 1. The molecule has 0 unspecified atom stereocenters. The maximum absolute atomic E-state index is 9.35. The van der Waals surface area contributed by atoms with Crippen molar-refractivity contribution in [1.29, 1.82) is 0 Å². The van der Waals surface area contributed by atoms with Gasteiger partial charge >= 0.3 is 0 Å². The molecule has 7 heteroatoms. The van der Waals surface area contributed by atoms with Gasteiger partial charge in [0, 0.05) is 38.8 Å². The molecule has 0 atom stereocenters. The number of phenols is 1. The third-order valence-corrected chi connectivity index (χ3v) is 4.23. The van der Waals surface area contributed by atoms with Crippen LogP contribution in [0.5, 0.6) is 5.75 Å². The molecule has 0 spiro atoms. The summed E-state index contributed by atoms with van der Waals surface area (Å²) in [7, 11) is 0. The molecule has 1 saturated heterocycles. The monoisotopic (exact) mass is 310 g/mol. The summed E-state index contributed by atoms with van der Waals surface area (Å²) in [5.74, 6) is 0.315. The second-order valence-corrected chi connectivity index (χ2v) is 5.78. The Morgan fingerprint density at radius 1 is 1.04 bits per heavy atom. The van der Waals surface area contributed by atoms with E-state index in [9.17, 15) is 5.11 Å². The minimum atomic E-state index is 0.315. The van der Waals surface area contributed by atoms with E-state index in [1.165, 1.54) is 5.56 Å². The lowest BCUT2D eigenvalue weighted by Crippen LogP contribution is -2.46. The first-order valence-electron chi connectivity index (χ1n) is 7.69. The summed E-state index contributed by atoms with van der Waals surface area (Å²) >= 11 is 0. The van der Waals surface area contributed by atoms with Crippen molar-refractivity contribution in [2.45, 2.75) is 6.54 Å². The van der Waals surface area contributed by atoms with Crippen molar-refractivity contribution in [1.82, 2.24) is 24.7 Å². The number of fused-ring (bicyclic) bond motifs is 1. The second-order valence-electron chi connectivity index (χ2n) is 5.78. The van der Waals surface area contributed by atoms with Gasteiger partial charge in [-0.25, -0.2) is 4.52 Å². The third-order valence-electron chi connectivity index (χ3n) is 4.23. The number of hydrogen-bond donors (Lipinski definition) is 1. The fourth-order valence-electron chi connectivity index (χ4n) is 2.91. The second kappa shape index (κ2) is 5.85. The summed E-state index contributed by atoms with van der Waals surface area (Å²) in [4.78, 5) is 4.75. The Bertz CT molecular complexity index is 792. The molecule has 118 valence electrons. The van der Waals surface area contributed by atoms with E-state index in [0.717, 1.165) is 44.1 Å². The predicted octanol–water partition coefficient (Wildman–Crippen LogP) is 1.15. The average Bonchev–Trinajstić information content (AvgIpc) is 3.05. The van der Waals surface area contributed by atoms with Crippen LogP contribution < -0.4 is 4.90 Å². The molecule has 1 aliphatic rings. The minimum Gasteiger partial charge on any atom is -0.508 e. The van der Waals surface area contributed by atoms with Crippen LogP contribution in [0.1, 0.15) is 5.56 Å². The Hall–Kier alpha value is -2.67. The van der Waals surface area contributed by atoms with Gasteiger partial charge in [0.1, 0.15) is 12.1 Å². The summed E-state index contributed by atoms with van der Waals surface area (Å²) < 4.78 is 1.67. The van der Waals surface area contributed by atoms with E-state index in [1.54, 1.807) is 23.0 Å². The first-order chi connectivity index (χ1) is 11.3. The van der Waals surface area contributed by atoms with Crippen LogP contribution in [0.25, 0.3) is 5.65 Å². The zero-order chi connectivity index (χ0) is 15.6. The highest BCUT2D eigenvalue weighted by Gasteiger charge is 2.18. The Morgan fingerprint density at radius 2 is 1.83 bits per heavy atom. The molecule has 0 bridgehead atoms. The Morgan fingerprint density at radius 3 is 2.61 bits per heavy atom. The van der Waals surface area contributed by atoms with Gasteiger partial charge in [-0.15, -0.1) is 10.2 Å². The fraction of sp³-hybridized carbons (Fsp3) is 0.312. The predicted molar refractivity (Wildman–Crippen MR) is 86.4 cm³/mol. The standard InChI is InChI=1S/C16H18N6O/c23-15-3-1-13(2-4-15)11-20-5-7-21(8-6-20)14-9-16-19-17-12-22(16)18-10-14/h1-4,9-10,12,23H,5-8,11H2.